The second kappa shape index (κ2) is 13.1. The minimum atomic E-state index is -0.0205. The number of methoxy groups -OCH3 is 3. The van der Waals surface area contributed by atoms with Crippen LogP contribution in [0.15, 0.2) is 48.5 Å². The number of amides is 1. The molecule has 1 aliphatic heterocycles. The van der Waals surface area contributed by atoms with Gasteiger partial charge >= 0.3 is 0 Å². The normalized spacial score (nSPS) is 17.9. The Morgan fingerprint density at radius 1 is 0.881 bits per heavy atom. The first kappa shape index (κ1) is 29.8. The molecule has 0 aromatic heterocycles. The third-order valence-electron chi connectivity index (χ3n) is 8.53. The van der Waals surface area contributed by atoms with Crippen LogP contribution in [0.25, 0.3) is 0 Å². The monoisotopic (exact) mass is 572 g/mol. The number of fused-ring (bicyclic) bond motifs is 2. The number of carbonyl (C=O) groups is 1. The predicted octanol–water partition coefficient (Wildman–Crippen LogP) is 5.80. The zero-order valence-electron chi connectivity index (χ0n) is 25.8. The van der Waals surface area contributed by atoms with E-state index in [-0.39, 0.29) is 18.1 Å². The van der Waals surface area contributed by atoms with Crippen LogP contribution in [0, 0.1) is 6.92 Å². The first-order valence-electron chi connectivity index (χ1n) is 15.0. The topological polar surface area (TPSA) is 69.3 Å². The van der Waals surface area contributed by atoms with E-state index in [1.807, 2.05) is 26.0 Å². The Kier molecular flexibility index (Phi) is 9.27. The Bertz CT molecular complexity index is 1420. The fourth-order valence-electron chi connectivity index (χ4n) is 6.42. The molecule has 0 fully saturated rings. The van der Waals surface area contributed by atoms with Crippen LogP contribution >= 0.6 is 0 Å². The van der Waals surface area contributed by atoms with E-state index in [1.54, 1.807) is 21.3 Å². The van der Waals surface area contributed by atoms with Crippen LogP contribution in [-0.2, 0) is 24.1 Å². The van der Waals surface area contributed by atoms with Gasteiger partial charge in [-0.05, 0) is 98.5 Å². The second-order valence-corrected chi connectivity index (χ2v) is 11.7. The lowest BCUT2D eigenvalue weighted by atomic mass is 9.88. The molecule has 0 bridgehead atoms. The highest BCUT2D eigenvalue weighted by atomic mass is 16.5. The third-order valence-corrected chi connectivity index (χ3v) is 8.53. The molecular formula is C35H44N2O5. The zero-order chi connectivity index (χ0) is 29.8. The number of ether oxygens (including phenoxy) is 4. The number of benzene rings is 3. The van der Waals surface area contributed by atoms with Gasteiger partial charge in [-0.2, -0.15) is 0 Å². The highest BCUT2D eigenvalue weighted by molar-refractivity contribution is 5.78. The summed E-state index contributed by atoms with van der Waals surface area (Å²) in [5, 5.41) is 3.27. The summed E-state index contributed by atoms with van der Waals surface area (Å²) >= 11 is 0. The van der Waals surface area contributed by atoms with Crippen molar-refractivity contribution in [3.63, 3.8) is 0 Å². The minimum absolute atomic E-state index is 0.0104. The molecule has 2 atom stereocenters. The maximum atomic E-state index is 13.4. The van der Waals surface area contributed by atoms with Gasteiger partial charge in [-0.1, -0.05) is 29.8 Å². The second-order valence-electron chi connectivity index (χ2n) is 11.7. The molecule has 224 valence electrons. The van der Waals surface area contributed by atoms with Crippen molar-refractivity contribution in [3.05, 3.63) is 81.9 Å². The summed E-state index contributed by atoms with van der Waals surface area (Å²) in [6, 6.07) is 16.9. The molecule has 7 heteroatoms. The standard InChI is InChI=1S/C35H44N2O5/c1-22(2)42-34-19-29-26(18-33(34)41-6)13-14-37(30(29)16-24-8-12-31(39-4)32(17-24)40-5)21-35(38)36-20-27-11-10-25-9-7-23(3)15-28(25)27/h7-9,12,15,17-19,22,27,30H,10-11,13-14,16,20-21H2,1-6H3,(H,36,38). The van der Waals surface area contributed by atoms with Crippen LogP contribution in [0.3, 0.4) is 0 Å². The van der Waals surface area contributed by atoms with Gasteiger partial charge < -0.3 is 24.3 Å². The molecule has 3 aromatic carbocycles. The molecule has 2 unspecified atom stereocenters. The SMILES string of the molecule is COc1ccc(CC2c3cc(OC(C)C)c(OC)cc3CCN2CC(=O)NCC2CCc3ccc(C)cc32)cc1OC. The average Bonchev–Trinajstić information content (AvgIpc) is 3.38. The summed E-state index contributed by atoms with van der Waals surface area (Å²) in [7, 11) is 4.98. The van der Waals surface area contributed by atoms with E-state index in [0.29, 0.717) is 36.9 Å². The summed E-state index contributed by atoms with van der Waals surface area (Å²) in [5.74, 6) is 3.29. The average molecular weight is 573 g/mol. The molecule has 1 aliphatic carbocycles. The number of carbonyl (C=O) groups excluding carboxylic acids is 1. The summed E-state index contributed by atoms with van der Waals surface area (Å²) in [6.45, 7) is 7.94. The van der Waals surface area contributed by atoms with Gasteiger partial charge in [0.25, 0.3) is 0 Å². The van der Waals surface area contributed by atoms with Crippen molar-refractivity contribution in [1.29, 1.82) is 0 Å². The number of hydrogen-bond donors (Lipinski definition) is 1. The van der Waals surface area contributed by atoms with Gasteiger partial charge in [-0.15, -0.1) is 0 Å². The molecule has 1 amide bonds. The van der Waals surface area contributed by atoms with Crippen LogP contribution < -0.4 is 24.3 Å². The van der Waals surface area contributed by atoms with E-state index in [4.69, 9.17) is 18.9 Å². The van der Waals surface area contributed by atoms with E-state index < -0.39 is 0 Å². The van der Waals surface area contributed by atoms with E-state index in [0.717, 1.165) is 42.9 Å². The molecule has 2 aliphatic rings. The lowest BCUT2D eigenvalue weighted by Gasteiger charge is -2.38. The van der Waals surface area contributed by atoms with Gasteiger partial charge in [-0.25, -0.2) is 0 Å². The quantitative estimate of drug-likeness (QED) is 0.314. The van der Waals surface area contributed by atoms with Gasteiger partial charge in [0.1, 0.15) is 0 Å². The highest BCUT2D eigenvalue weighted by Gasteiger charge is 2.31. The third kappa shape index (κ3) is 6.51. The van der Waals surface area contributed by atoms with Gasteiger partial charge in [0, 0.05) is 25.0 Å². The Hall–Kier alpha value is -3.71. The van der Waals surface area contributed by atoms with Gasteiger partial charge in [0.15, 0.2) is 23.0 Å². The Labute approximate surface area is 250 Å². The molecule has 42 heavy (non-hydrogen) atoms. The molecule has 0 saturated carbocycles. The smallest absolute Gasteiger partial charge is 0.234 e. The molecule has 5 rings (SSSR count). The van der Waals surface area contributed by atoms with Crippen LogP contribution in [0.5, 0.6) is 23.0 Å². The zero-order valence-corrected chi connectivity index (χ0v) is 25.8. The molecule has 1 N–H and O–H groups in total. The first-order valence-corrected chi connectivity index (χ1v) is 15.0. The van der Waals surface area contributed by atoms with Crippen molar-refractivity contribution in [1.82, 2.24) is 10.2 Å². The Morgan fingerprint density at radius 3 is 2.38 bits per heavy atom. The van der Waals surface area contributed by atoms with Crippen LogP contribution in [0.4, 0.5) is 0 Å². The van der Waals surface area contributed by atoms with Crippen LogP contribution in [-0.4, -0.2) is 57.9 Å². The molecule has 3 aromatic rings. The molecule has 0 saturated heterocycles. The van der Waals surface area contributed by atoms with Gasteiger partial charge in [0.05, 0.1) is 34.0 Å². The molecule has 1 heterocycles. The van der Waals surface area contributed by atoms with Crippen molar-refractivity contribution >= 4 is 5.91 Å². The maximum Gasteiger partial charge on any atom is 0.234 e. The predicted molar refractivity (Wildman–Crippen MR) is 165 cm³/mol. The molecule has 7 nitrogen and oxygen atoms in total. The Morgan fingerprint density at radius 2 is 1.64 bits per heavy atom. The van der Waals surface area contributed by atoms with Gasteiger partial charge in [0.2, 0.25) is 5.91 Å². The van der Waals surface area contributed by atoms with Crippen molar-refractivity contribution in [3.8, 4) is 23.0 Å². The number of nitrogens with one attached hydrogen (secondary N) is 1. The number of aryl methyl sites for hydroxylation is 2. The lowest BCUT2D eigenvalue weighted by molar-refractivity contribution is -0.123. The van der Waals surface area contributed by atoms with Gasteiger partial charge in [-0.3, -0.25) is 9.69 Å². The van der Waals surface area contributed by atoms with Crippen LogP contribution in [0.2, 0.25) is 0 Å². The fourth-order valence-corrected chi connectivity index (χ4v) is 6.42. The van der Waals surface area contributed by atoms with E-state index in [9.17, 15) is 4.79 Å². The summed E-state index contributed by atoms with van der Waals surface area (Å²) in [6.07, 6.45) is 3.72. The maximum absolute atomic E-state index is 13.4. The van der Waals surface area contributed by atoms with Crippen molar-refractivity contribution in [2.24, 2.45) is 0 Å². The van der Waals surface area contributed by atoms with Crippen LogP contribution in [0.1, 0.15) is 65.6 Å². The highest BCUT2D eigenvalue weighted by Crippen LogP contribution is 2.41. The Balaban J connectivity index is 1.39. The number of rotatable bonds is 11. The van der Waals surface area contributed by atoms with Crippen molar-refractivity contribution < 1.29 is 23.7 Å². The molecular weight excluding hydrogens is 528 g/mol. The lowest BCUT2D eigenvalue weighted by Crippen LogP contribution is -2.44. The summed E-state index contributed by atoms with van der Waals surface area (Å²) in [5.41, 5.74) is 7.58. The molecule has 0 radical (unpaired) electrons. The largest absolute Gasteiger partial charge is 0.493 e. The van der Waals surface area contributed by atoms with Crippen molar-refractivity contribution in [2.45, 2.75) is 64.5 Å². The van der Waals surface area contributed by atoms with E-state index in [2.05, 4.69) is 53.5 Å². The summed E-state index contributed by atoms with van der Waals surface area (Å²) < 4.78 is 22.9. The molecule has 0 spiro atoms. The van der Waals surface area contributed by atoms with Crippen molar-refractivity contribution in [2.75, 3.05) is 41.0 Å². The summed E-state index contributed by atoms with van der Waals surface area (Å²) in [4.78, 5) is 15.7. The van der Waals surface area contributed by atoms with E-state index in [1.165, 1.54) is 27.8 Å². The number of hydrogen-bond acceptors (Lipinski definition) is 6. The first-order chi connectivity index (χ1) is 20.3. The fraction of sp³-hybridized carbons (Fsp3) is 0.457. The minimum Gasteiger partial charge on any atom is -0.493 e. The van der Waals surface area contributed by atoms with E-state index >= 15 is 0 Å². The number of nitrogens with zero attached hydrogens (tertiary/aromatic N) is 1.